The number of hydrogen-bond acceptors (Lipinski definition) is 3. The summed E-state index contributed by atoms with van der Waals surface area (Å²) in [5, 5.41) is 0. The minimum Gasteiger partial charge on any atom is -0.469 e. The Kier molecular flexibility index (Phi) is 3.99. The van der Waals surface area contributed by atoms with Gasteiger partial charge in [-0.1, -0.05) is 13.3 Å². The third-order valence-corrected chi connectivity index (χ3v) is 3.19. The zero-order valence-electron chi connectivity index (χ0n) is 9.96. The van der Waals surface area contributed by atoms with E-state index in [-0.39, 0.29) is 12.1 Å². The molecule has 1 unspecified atom stereocenters. The molecule has 16 heavy (non-hydrogen) atoms. The second kappa shape index (κ2) is 5.48. The van der Waals surface area contributed by atoms with Gasteiger partial charge in [-0.05, 0) is 19.3 Å². The standard InChI is InChI=1S/C13H20O3/c1-2-3-9-15-13-8-7-10-11(14)5-4-6-12(10)16-13/h13H,2-9H2,1H3. The summed E-state index contributed by atoms with van der Waals surface area (Å²) < 4.78 is 11.4. The van der Waals surface area contributed by atoms with Gasteiger partial charge in [0.1, 0.15) is 5.76 Å². The van der Waals surface area contributed by atoms with Gasteiger partial charge < -0.3 is 9.47 Å². The zero-order chi connectivity index (χ0) is 11.4. The first-order valence-electron chi connectivity index (χ1n) is 6.34. The van der Waals surface area contributed by atoms with E-state index < -0.39 is 0 Å². The Labute approximate surface area is 96.8 Å². The molecule has 1 heterocycles. The van der Waals surface area contributed by atoms with Crippen LogP contribution in [0.1, 0.15) is 51.9 Å². The number of ether oxygens (including phenoxy) is 2. The van der Waals surface area contributed by atoms with E-state index >= 15 is 0 Å². The van der Waals surface area contributed by atoms with Crippen LogP contribution in [0.15, 0.2) is 11.3 Å². The fourth-order valence-corrected chi connectivity index (χ4v) is 2.23. The lowest BCUT2D eigenvalue weighted by Crippen LogP contribution is -2.27. The van der Waals surface area contributed by atoms with E-state index in [4.69, 9.17) is 9.47 Å². The van der Waals surface area contributed by atoms with E-state index in [9.17, 15) is 4.79 Å². The maximum absolute atomic E-state index is 11.6. The molecule has 1 aliphatic heterocycles. The Morgan fingerprint density at radius 3 is 3.06 bits per heavy atom. The molecular weight excluding hydrogens is 204 g/mol. The lowest BCUT2D eigenvalue weighted by atomic mass is 9.91. The number of unbranched alkanes of at least 4 members (excludes halogenated alkanes) is 1. The SMILES string of the molecule is CCCCOC1CCC2=C(CCCC2=O)O1. The molecule has 2 aliphatic rings. The molecule has 0 radical (unpaired) electrons. The fraction of sp³-hybridized carbons (Fsp3) is 0.769. The van der Waals surface area contributed by atoms with Crippen molar-refractivity contribution < 1.29 is 14.3 Å². The molecule has 1 aliphatic carbocycles. The third-order valence-electron chi connectivity index (χ3n) is 3.19. The van der Waals surface area contributed by atoms with Crippen LogP contribution in [0.25, 0.3) is 0 Å². The van der Waals surface area contributed by atoms with Crippen molar-refractivity contribution in [3.05, 3.63) is 11.3 Å². The number of carbonyl (C=O) groups excluding carboxylic acids is 1. The first kappa shape index (κ1) is 11.6. The van der Waals surface area contributed by atoms with Gasteiger partial charge in [0.05, 0.1) is 6.61 Å². The minimum atomic E-state index is -0.115. The Bertz CT molecular complexity index is 294. The molecule has 0 fully saturated rings. The summed E-state index contributed by atoms with van der Waals surface area (Å²) in [7, 11) is 0. The van der Waals surface area contributed by atoms with Gasteiger partial charge in [-0.3, -0.25) is 4.79 Å². The van der Waals surface area contributed by atoms with E-state index in [1.54, 1.807) is 0 Å². The van der Waals surface area contributed by atoms with E-state index in [0.717, 1.165) is 56.5 Å². The van der Waals surface area contributed by atoms with Crippen LogP contribution in [0.5, 0.6) is 0 Å². The fourth-order valence-electron chi connectivity index (χ4n) is 2.23. The number of Topliss-reactive ketones (excluding diaryl/α,β-unsaturated/α-hetero) is 1. The molecule has 3 heteroatoms. The van der Waals surface area contributed by atoms with Crippen LogP contribution < -0.4 is 0 Å². The lowest BCUT2D eigenvalue weighted by Gasteiger charge is -2.30. The number of rotatable bonds is 4. The van der Waals surface area contributed by atoms with Gasteiger partial charge >= 0.3 is 0 Å². The van der Waals surface area contributed by atoms with Crippen LogP contribution in [-0.2, 0) is 14.3 Å². The predicted octanol–water partition coefficient (Wildman–Crippen LogP) is 2.95. The van der Waals surface area contributed by atoms with Crippen LogP contribution in [0, 0.1) is 0 Å². The van der Waals surface area contributed by atoms with Gasteiger partial charge in [0.2, 0.25) is 0 Å². The summed E-state index contributed by atoms with van der Waals surface area (Å²) in [5.74, 6) is 1.19. The molecule has 3 nitrogen and oxygen atoms in total. The van der Waals surface area contributed by atoms with Gasteiger partial charge in [-0.25, -0.2) is 0 Å². The van der Waals surface area contributed by atoms with Gasteiger partial charge in [-0.15, -0.1) is 0 Å². The highest BCUT2D eigenvalue weighted by Crippen LogP contribution is 2.32. The average Bonchev–Trinajstić information content (AvgIpc) is 2.30. The van der Waals surface area contributed by atoms with Gasteiger partial charge in [-0.2, -0.15) is 0 Å². The van der Waals surface area contributed by atoms with Crippen LogP contribution >= 0.6 is 0 Å². The highest BCUT2D eigenvalue weighted by atomic mass is 16.7. The average molecular weight is 224 g/mol. The van der Waals surface area contributed by atoms with E-state index in [1.165, 1.54) is 0 Å². The van der Waals surface area contributed by atoms with Crippen molar-refractivity contribution in [1.82, 2.24) is 0 Å². The molecule has 2 rings (SSSR count). The first-order valence-corrected chi connectivity index (χ1v) is 6.34. The van der Waals surface area contributed by atoms with Crippen molar-refractivity contribution in [2.24, 2.45) is 0 Å². The Morgan fingerprint density at radius 2 is 2.25 bits per heavy atom. The maximum atomic E-state index is 11.6. The Morgan fingerprint density at radius 1 is 1.38 bits per heavy atom. The summed E-state index contributed by atoms with van der Waals surface area (Å²) in [4.78, 5) is 11.6. The van der Waals surface area contributed by atoms with E-state index in [1.807, 2.05) is 0 Å². The zero-order valence-corrected chi connectivity index (χ0v) is 9.96. The van der Waals surface area contributed by atoms with Crippen molar-refractivity contribution in [2.45, 2.75) is 58.2 Å². The first-order chi connectivity index (χ1) is 7.81. The largest absolute Gasteiger partial charge is 0.469 e. The number of allylic oxidation sites excluding steroid dienone is 2. The van der Waals surface area contributed by atoms with Crippen LogP contribution in [0.4, 0.5) is 0 Å². The summed E-state index contributed by atoms with van der Waals surface area (Å²) >= 11 is 0. The Hall–Kier alpha value is -0.830. The lowest BCUT2D eigenvalue weighted by molar-refractivity contribution is -0.136. The molecule has 1 atom stereocenters. The molecular formula is C13H20O3. The summed E-state index contributed by atoms with van der Waals surface area (Å²) in [6, 6.07) is 0. The molecule has 0 N–H and O–H groups in total. The van der Waals surface area contributed by atoms with Crippen molar-refractivity contribution in [1.29, 1.82) is 0 Å². The summed E-state index contributed by atoms with van der Waals surface area (Å²) in [5.41, 5.74) is 0.932. The molecule has 0 bridgehead atoms. The maximum Gasteiger partial charge on any atom is 0.199 e. The van der Waals surface area contributed by atoms with Gasteiger partial charge in [0.15, 0.2) is 12.1 Å². The van der Waals surface area contributed by atoms with Crippen LogP contribution in [-0.4, -0.2) is 18.7 Å². The highest BCUT2D eigenvalue weighted by Gasteiger charge is 2.28. The van der Waals surface area contributed by atoms with E-state index in [2.05, 4.69) is 6.92 Å². The Balaban J connectivity index is 1.88. The molecule has 0 aromatic carbocycles. The molecule has 0 amide bonds. The second-order valence-corrected chi connectivity index (χ2v) is 4.49. The van der Waals surface area contributed by atoms with Gasteiger partial charge in [0, 0.05) is 24.8 Å². The van der Waals surface area contributed by atoms with Crippen LogP contribution in [0.3, 0.4) is 0 Å². The molecule has 0 spiro atoms. The molecule has 0 saturated heterocycles. The molecule has 0 aromatic rings. The van der Waals surface area contributed by atoms with Gasteiger partial charge in [0.25, 0.3) is 0 Å². The molecule has 0 aromatic heterocycles. The van der Waals surface area contributed by atoms with Crippen LogP contribution in [0.2, 0.25) is 0 Å². The summed E-state index contributed by atoms with van der Waals surface area (Å²) in [6.45, 7) is 2.91. The van der Waals surface area contributed by atoms with Crippen molar-refractivity contribution in [3.8, 4) is 0 Å². The number of ketones is 1. The van der Waals surface area contributed by atoms with E-state index in [0.29, 0.717) is 6.42 Å². The van der Waals surface area contributed by atoms with Crippen molar-refractivity contribution in [2.75, 3.05) is 6.61 Å². The number of hydrogen-bond donors (Lipinski definition) is 0. The smallest absolute Gasteiger partial charge is 0.199 e. The van der Waals surface area contributed by atoms with Crippen molar-refractivity contribution in [3.63, 3.8) is 0 Å². The highest BCUT2D eigenvalue weighted by molar-refractivity contribution is 5.96. The predicted molar refractivity (Wildman–Crippen MR) is 60.9 cm³/mol. The van der Waals surface area contributed by atoms with Crippen molar-refractivity contribution >= 4 is 5.78 Å². The third kappa shape index (κ3) is 2.64. The monoisotopic (exact) mass is 224 g/mol. The topological polar surface area (TPSA) is 35.5 Å². The molecule has 90 valence electrons. The second-order valence-electron chi connectivity index (χ2n) is 4.49. The molecule has 0 saturated carbocycles. The quantitative estimate of drug-likeness (QED) is 0.689. The normalized spacial score (nSPS) is 25.3. The number of carbonyl (C=O) groups is 1. The summed E-state index contributed by atoms with van der Waals surface area (Å²) in [6.07, 6.45) is 6.30. The minimum absolute atomic E-state index is 0.115.